The lowest BCUT2D eigenvalue weighted by Gasteiger charge is -2.20. The number of aliphatic hydroxyl groups is 1. The number of aliphatic hydroxyl groups excluding tert-OH is 1. The van der Waals surface area contributed by atoms with E-state index in [1.807, 2.05) is 32.9 Å². The smallest absolute Gasteiger partial charge is 0.342 e. The van der Waals surface area contributed by atoms with Gasteiger partial charge in [0.2, 0.25) is 0 Å². The molecule has 0 saturated heterocycles. The van der Waals surface area contributed by atoms with Crippen molar-refractivity contribution in [2.75, 3.05) is 20.3 Å². The Morgan fingerprint density at radius 2 is 1.97 bits per heavy atom. The Labute approximate surface area is 191 Å². The molecule has 0 fully saturated rings. The lowest BCUT2D eigenvalue weighted by molar-refractivity contribution is -0.119. The predicted molar refractivity (Wildman–Crippen MR) is 124 cm³/mol. The van der Waals surface area contributed by atoms with Gasteiger partial charge in [0.25, 0.3) is 0 Å². The molecule has 0 spiro atoms. The zero-order valence-electron chi connectivity index (χ0n) is 19.7. The van der Waals surface area contributed by atoms with Gasteiger partial charge in [0.15, 0.2) is 0 Å². The number of nitrogens with one attached hydrogen (secondary N) is 1. The number of Topliss-reactive ketones (excluding diaryl/α,β-unsaturated/α-hetero) is 1. The molecule has 0 radical (unpaired) electrons. The molecular weight excluding hydrogens is 410 g/mol. The molecule has 2 atom stereocenters. The number of fused-ring (bicyclic) bond motifs is 1. The summed E-state index contributed by atoms with van der Waals surface area (Å²) in [4.78, 5) is 25.1. The fourth-order valence-electron chi connectivity index (χ4n) is 3.45. The number of hydrogen-bond acceptors (Lipinski definition) is 7. The van der Waals surface area contributed by atoms with Crippen LogP contribution in [0, 0.1) is 0 Å². The molecule has 2 rings (SSSR count). The summed E-state index contributed by atoms with van der Waals surface area (Å²) in [5.74, 6) is 0.604. The molecule has 0 unspecified atom stereocenters. The molecular formula is C25H37NO6. The van der Waals surface area contributed by atoms with Crippen LogP contribution in [0.4, 0.5) is 0 Å². The number of ketones is 1. The zero-order valence-corrected chi connectivity index (χ0v) is 19.7. The number of hydrogen-bond donors (Lipinski definition) is 2. The molecule has 0 amide bonds. The highest BCUT2D eigenvalue weighted by atomic mass is 16.5. The van der Waals surface area contributed by atoms with E-state index in [1.54, 1.807) is 19.2 Å². The summed E-state index contributed by atoms with van der Waals surface area (Å²) in [6.07, 6.45) is 6.59. The van der Waals surface area contributed by atoms with Crippen molar-refractivity contribution < 1.29 is 28.9 Å². The minimum atomic E-state index is -0.735. The van der Waals surface area contributed by atoms with Crippen LogP contribution in [-0.2, 0) is 9.53 Å². The molecule has 7 heteroatoms. The number of rotatable bonds is 7. The lowest BCUT2D eigenvalue weighted by atomic mass is 10.0. The third-order valence-corrected chi connectivity index (χ3v) is 5.24. The molecule has 1 aliphatic heterocycles. The van der Waals surface area contributed by atoms with Gasteiger partial charge in [-0.3, -0.25) is 4.79 Å². The van der Waals surface area contributed by atoms with Crippen molar-refractivity contribution >= 4 is 17.8 Å². The van der Waals surface area contributed by atoms with Crippen LogP contribution in [-0.4, -0.2) is 55.4 Å². The summed E-state index contributed by atoms with van der Waals surface area (Å²) in [6, 6.07) is 3.65. The van der Waals surface area contributed by atoms with Crippen LogP contribution in [0.2, 0.25) is 0 Å². The molecule has 0 aliphatic carbocycles. The fourth-order valence-corrected chi connectivity index (χ4v) is 3.45. The number of benzene rings is 1. The third kappa shape index (κ3) is 8.63. The van der Waals surface area contributed by atoms with Gasteiger partial charge in [0, 0.05) is 31.5 Å². The van der Waals surface area contributed by atoms with Crippen molar-refractivity contribution in [3.63, 3.8) is 0 Å². The molecule has 1 aliphatic rings. The molecule has 178 valence electrons. The monoisotopic (exact) mass is 447 g/mol. The van der Waals surface area contributed by atoms with Gasteiger partial charge >= 0.3 is 5.97 Å². The van der Waals surface area contributed by atoms with Crippen molar-refractivity contribution in [2.45, 2.75) is 77.5 Å². The van der Waals surface area contributed by atoms with Gasteiger partial charge in [0.05, 0.1) is 13.2 Å². The van der Waals surface area contributed by atoms with Gasteiger partial charge < -0.3 is 24.6 Å². The summed E-state index contributed by atoms with van der Waals surface area (Å²) in [7, 11) is 1.55. The fraction of sp³-hybridized carbons (Fsp3) is 0.600. The van der Waals surface area contributed by atoms with E-state index in [9.17, 15) is 14.7 Å². The van der Waals surface area contributed by atoms with Crippen molar-refractivity contribution in [3.8, 4) is 11.5 Å². The largest absolute Gasteiger partial charge is 0.497 e. The average molecular weight is 448 g/mol. The van der Waals surface area contributed by atoms with Crippen molar-refractivity contribution in [2.24, 2.45) is 0 Å². The molecule has 0 bridgehead atoms. The number of cyclic esters (lactones) is 1. The molecule has 1 aromatic rings. The van der Waals surface area contributed by atoms with E-state index < -0.39 is 12.1 Å². The Balaban J connectivity index is 2.33. The normalized spacial score (nSPS) is 19.1. The Kier molecular flexibility index (Phi) is 10.7. The number of allylic oxidation sites excluding steroid dienone is 1. The lowest BCUT2D eigenvalue weighted by Crippen LogP contribution is -2.35. The summed E-state index contributed by atoms with van der Waals surface area (Å²) in [5, 5.41) is 13.4. The SMILES string of the molecule is COc1cc2c(c(OC[C@@H](O)CNC(C)C)c1)C(=O)O[C@H](C)CCCC(=O)CCCC=C2. The number of methoxy groups -OCH3 is 1. The molecule has 2 N–H and O–H groups in total. The number of carbonyl (C=O) groups is 2. The maximum Gasteiger partial charge on any atom is 0.342 e. The van der Waals surface area contributed by atoms with Gasteiger partial charge in [0.1, 0.15) is 35.6 Å². The molecule has 0 aromatic heterocycles. The van der Waals surface area contributed by atoms with E-state index in [1.165, 1.54) is 0 Å². The van der Waals surface area contributed by atoms with Crippen molar-refractivity contribution in [1.29, 1.82) is 0 Å². The van der Waals surface area contributed by atoms with Crippen LogP contribution in [0.15, 0.2) is 18.2 Å². The van der Waals surface area contributed by atoms with Crippen LogP contribution in [0.25, 0.3) is 6.08 Å². The standard InChI is InChI=1S/C25H37NO6/c1-17(2)26-15-21(28)16-31-23-14-22(30-4)13-19-10-6-5-7-11-20(27)12-8-9-18(3)32-25(29)24(19)23/h6,10,13-14,17-18,21,26,28H,5,7-9,11-12,15-16H2,1-4H3/t18-,21+/m1/s1. The van der Waals surface area contributed by atoms with Crippen LogP contribution in [0.1, 0.15) is 75.2 Å². The van der Waals surface area contributed by atoms with E-state index >= 15 is 0 Å². The molecule has 32 heavy (non-hydrogen) atoms. The van der Waals surface area contributed by atoms with Gasteiger partial charge in [-0.2, -0.15) is 0 Å². The first-order valence-electron chi connectivity index (χ1n) is 11.5. The second-order valence-electron chi connectivity index (χ2n) is 8.56. The van der Waals surface area contributed by atoms with E-state index in [-0.39, 0.29) is 24.5 Å². The second kappa shape index (κ2) is 13.2. The summed E-state index contributed by atoms with van der Waals surface area (Å²) in [5.41, 5.74) is 0.931. The highest BCUT2D eigenvalue weighted by Gasteiger charge is 2.23. The van der Waals surface area contributed by atoms with E-state index in [0.29, 0.717) is 54.9 Å². The number of carbonyl (C=O) groups excluding carboxylic acids is 2. The quantitative estimate of drug-likeness (QED) is 0.612. The van der Waals surface area contributed by atoms with E-state index in [2.05, 4.69) is 5.32 Å². The van der Waals surface area contributed by atoms with Crippen LogP contribution >= 0.6 is 0 Å². The Morgan fingerprint density at radius 3 is 2.69 bits per heavy atom. The highest BCUT2D eigenvalue weighted by molar-refractivity contribution is 5.97. The van der Waals surface area contributed by atoms with E-state index in [0.717, 1.165) is 12.8 Å². The Morgan fingerprint density at radius 1 is 1.22 bits per heavy atom. The van der Waals surface area contributed by atoms with Gasteiger partial charge in [-0.05, 0) is 44.2 Å². The summed E-state index contributed by atoms with van der Waals surface area (Å²) < 4.78 is 17.0. The van der Waals surface area contributed by atoms with Gasteiger partial charge in [-0.1, -0.05) is 26.0 Å². The minimum absolute atomic E-state index is 0.0218. The summed E-state index contributed by atoms with van der Waals surface area (Å²) in [6.45, 7) is 6.23. The van der Waals surface area contributed by atoms with Crippen LogP contribution in [0.3, 0.4) is 0 Å². The van der Waals surface area contributed by atoms with Crippen molar-refractivity contribution in [3.05, 3.63) is 29.3 Å². The van der Waals surface area contributed by atoms with Gasteiger partial charge in [-0.25, -0.2) is 4.79 Å². The second-order valence-corrected chi connectivity index (χ2v) is 8.56. The first-order chi connectivity index (χ1) is 15.3. The molecule has 1 aromatic carbocycles. The van der Waals surface area contributed by atoms with E-state index in [4.69, 9.17) is 14.2 Å². The zero-order chi connectivity index (χ0) is 23.5. The Hall–Kier alpha value is -2.38. The maximum absolute atomic E-state index is 13.1. The first-order valence-corrected chi connectivity index (χ1v) is 11.5. The first kappa shape index (κ1) is 25.9. The molecule has 0 saturated carbocycles. The van der Waals surface area contributed by atoms with Crippen molar-refractivity contribution in [1.82, 2.24) is 5.32 Å². The molecule has 7 nitrogen and oxygen atoms in total. The van der Waals surface area contributed by atoms with Gasteiger partial charge in [-0.15, -0.1) is 0 Å². The highest BCUT2D eigenvalue weighted by Crippen LogP contribution is 2.32. The topological polar surface area (TPSA) is 94.1 Å². The maximum atomic E-state index is 13.1. The third-order valence-electron chi connectivity index (χ3n) is 5.24. The van der Waals surface area contributed by atoms with Crippen LogP contribution in [0.5, 0.6) is 11.5 Å². The minimum Gasteiger partial charge on any atom is -0.497 e. The predicted octanol–water partition coefficient (Wildman–Crippen LogP) is 3.91. The number of ether oxygens (including phenoxy) is 3. The summed E-state index contributed by atoms with van der Waals surface area (Å²) >= 11 is 0. The molecule has 1 heterocycles. The van der Waals surface area contributed by atoms with Crippen LogP contribution < -0.4 is 14.8 Å². The average Bonchev–Trinajstić information content (AvgIpc) is 2.74. The number of esters is 1. The Bertz CT molecular complexity index is 789.